The molecule has 1 N–H and O–H groups in total. The number of nitrogens with zero attached hydrogens (tertiary/aromatic N) is 5. The van der Waals surface area contributed by atoms with E-state index in [1.165, 1.54) is 12.8 Å². The van der Waals surface area contributed by atoms with Crippen LogP contribution >= 0.6 is 0 Å². The molecule has 0 spiro atoms. The number of rotatable bonds is 5. The number of amides is 1. The molecule has 1 amide bonds. The van der Waals surface area contributed by atoms with Gasteiger partial charge in [0.25, 0.3) is 5.89 Å². The molecule has 2 aliphatic rings. The third-order valence-electron chi connectivity index (χ3n) is 5.16. The molecule has 2 saturated carbocycles. The molecule has 0 saturated heterocycles. The molecule has 3 aromatic heterocycles. The maximum Gasteiger partial charge on any atom is 0.261 e. The van der Waals surface area contributed by atoms with E-state index in [0.717, 1.165) is 37.1 Å². The molecule has 0 radical (unpaired) electrons. The zero-order valence-electron chi connectivity index (χ0n) is 14.4. The standard InChI is InChI=1S/C18H20N6O2/c25-15(19-12-4-1-2-5-12)10-14-21-22-17-13(6-3-9-24(14)17)18-20-16(23-26-18)11-7-8-11/h3,6,9,11-12H,1-2,4-5,7-8,10H2,(H,19,25). The fourth-order valence-corrected chi connectivity index (χ4v) is 3.60. The van der Waals surface area contributed by atoms with E-state index in [1.807, 2.05) is 22.7 Å². The van der Waals surface area contributed by atoms with Crippen LogP contribution in [0.3, 0.4) is 0 Å². The third kappa shape index (κ3) is 2.85. The first-order valence-electron chi connectivity index (χ1n) is 9.24. The molecule has 3 aromatic rings. The van der Waals surface area contributed by atoms with Gasteiger partial charge in [-0.15, -0.1) is 10.2 Å². The van der Waals surface area contributed by atoms with Crippen molar-refractivity contribution in [3.05, 3.63) is 30.0 Å². The van der Waals surface area contributed by atoms with Crippen LogP contribution < -0.4 is 5.32 Å². The minimum atomic E-state index is -0.00888. The normalized spacial score (nSPS) is 17.8. The van der Waals surface area contributed by atoms with Crippen LogP contribution in [-0.4, -0.2) is 36.7 Å². The summed E-state index contributed by atoms with van der Waals surface area (Å²) in [6.07, 6.45) is 8.81. The van der Waals surface area contributed by atoms with Gasteiger partial charge < -0.3 is 9.84 Å². The zero-order chi connectivity index (χ0) is 17.5. The van der Waals surface area contributed by atoms with Crippen molar-refractivity contribution >= 4 is 11.6 Å². The Balaban J connectivity index is 1.40. The van der Waals surface area contributed by atoms with Gasteiger partial charge in [-0.1, -0.05) is 18.0 Å². The number of nitrogens with one attached hydrogen (secondary N) is 1. The van der Waals surface area contributed by atoms with E-state index in [2.05, 4.69) is 25.7 Å². The second-order valence-corrected chi connectivity index (χ2v) is 7.19. The molecule has 8 heteroatoms. The number of pyridine rings is 1. The van der Waals surface area contributed by atoms with Crippen LogP contribution in [0.15, 0.2) is 22.9 Å². The van der Waals surface area contributed by atoms with Gasteiger partial charge in [0.05, 0.1) is 12.0 Å². The van der Waals surface area contributed by atoms with Crippen molar-refractivity contribution in [2.45, 2.75) is 56.9 Å². The van der Waals surface area contributed by atoms with Crippen molar-refractivity contribution in [3.8, 4) is 11.5 Å². The summed E-state index contributed by atoms with van der Waals surface area (Å²) in [5.41, 5.74) is 1.36. The van der Waals surface area contributed by atoms with Gasteiger partial charge in [0, 0.05) is 18.2 Å². The summed E-state index contributed by atoms with van der Waals surface area (Å²) < 4.78 is 7.24. The summed E-state index contributed by atoms with van der Waals surface area (Å²) in [7, 11) is 0. The van der Waals surface area contributed by atoms with Crippen LogP contribution in [0.2, 0.25) is 0 Å². The largest absolute Gasteiger partial charge is 0.353 e. The quantitative estimate of drug-likeness (QED) is 0.756. The summed E-state index contributed by atoms with van der Waals surface area (Å²) >= 11 is 0. The van der Waals surface area contributed by atoms with Gasteiger partial charge in [-0.25, -0.2) is 0 Å². The number of hydrogen-bond donors (Lipinski definition) is 1. The average molecular weight is 352 g/mol. The Kier molecular flexibility index (Phi) is 3.69. The van der Waals surface area contributed by atoms with Gasteiger partial charge in [0.1, 0.15) is 5.82 Å². The Morgan fingerprint density at radius 1 is 1.23 bits per heavy atom. The smallest absolute Gasteiger partial charge is 0.261 e. The van der Waals surface area contributed by atoms with Gasteiger partial charge >= 0.3 is 0 Å². The van der Waals surface area contributed by atoms with Crippen molar-refractivity contribution in [2.24, 2.45) is 0 Å². The van der Waals surface area contributed by atoms with E-state index in [9.17, 15) is 4.79 Å². The Bertz CT molecular complexity index is 952. The van der Waals surface area contributed by atoms with Gasteiger partial charge in [-0.2, -0.15) is 4.98 Å². The van der Waals surface area contributed by atoms with Crippen LogP contribution in [-0.2, 0) is 11.2 Å². The molecule has 2 aliphatic carbocycles. The van der Waals surface area contributed by atoms with E-state index in [1.54, 1.807) is 0 Å². The first-order valence-corrected chi connectivity index (χ1v) is 9.24. The highest BCUT2D eigenvalue weighted by Crippen LogP contribution is 2.39. The summed E-state index contributed by atoms with van der Waals surface area (Å²) in [5, 5.41) is 15.6. The van der Waals surface area contributed by atoms with Gasteiger partial charge in [-0.3, -0.25) is 9.20 Å². The number of carbonyl (C=O) groups excluding carboxylic acids is 1. The van der Waals surface area contributed by atoms with E-state index >= 15 is 0 Å². The first kappa shape index (κ1) is 15.5. The number of aromatic nitrogens is 5. The first-order chi connectivity index (χ1) is 12.8. The molecule has 2 fully saturated rings. The Labute approximate surface area is 150 Å². The maximum absolute atomic E-state index is 12.3. The molecule has 26 heavy (non-hydrogen) atoms. The van der Waals surface area contributed by atoms with Crippen LogP contribution in [0.4, 0.5) is 0 Å². The highest BCUT2D eigenvalue weighted by molar-refractivity contribution is 5.79. The monoisotopic (exact) mass is 352 g/mol. The topological polar surface area (TPSA) is 98.2 Å². The van der Waals surface area contributed by atoms with E-state index < -0.39 is 0 Å². The van der Waals surface area contributed by atoms with E-state index in [4.69, 9.17) is 4.52 Å². The average Bonchev–Trinajstić information content (AvgIpc) is 3.03. The highest BCUT2D eigenvalue weighted by atomic mass is 16.5. The van der Waals surface area contributed by atoms with E-state index in [0.29, 0.717) is 29.3 Å². The van der Waals surface area contributed by atoms with Crippen molar-refractivity contribution in [1.82, 2.24) is 30.1 Å². The zero-order valence-corrected chi connectivity index (χ0v) is 14.4. The van der Waals surface area contributed by atoms with Crippen LogP contribution in [0.5, 0.6) is 0 Å². The summed E-state index contributed by atoms with van der Waals surface area (Å²) in [4.78, 5) is 16.8. The Hall–Kier alpha value is -2.77. The molecule has 134 valence electrons. The maximum atomic E-state index is 12.3. The van der Waals surface area contributed by atoms with Gasteiger partial charge in [-0.05, 0) is 37.8 Å². The van der Waals surface area contributed by atoms with Crippen LogP contribution in [0.1, 0.15) is 56.1 Å². The van der Waals surface area contributed by atoms with Crippen LogP contribution in [0.25, 0.3) is 17.1 Å². The molecular weight excluding hydrogens is 332 g/mol. The fraction of sp³-hybridized carbons (Fsp3) is 0.500. The second-order valence-electron chi connectivity index (χ2n) is 7.19. The third-order valence-corrected chi connectivity index (χ3v) is 5.16. The van der Waals surface area contributed by atoms with Crippen LogP contribution in [0, 0.1) is 0 Å². The molecule has 0 bridgehead atoms. The minimum absolute atomic E-state index is 0.00888. The highest BCUT2D eigenvalue weighted by Gasteiger charge is 2.29. The number of hydrogen-bond acceptors (Lipinski definition) is 6. The SMILES string of the molecule is O=C(Cc1nnc2c(-c3nc(C4CC4)no3)cccn12)NC1CCCC1. The van der Waals surface area contributed by atoms with Crippen molar-refractivity contribution in [2.75, 3.05) is 0 Å². The molecule has 0 aliphatic heterocycles. The summed E-state index contributed by atoms with van der Waals surface area (Å²) in [6.45, 7) is 0. The minimum Gasteiger partial charge on any atom is -0.353 e. The molecule has 0 aromatic carbocycles. The lowest BCUT2D eigenvalue weighted by molar-refractivity contribution is -0.121. The predicted molar refractivity (Wildman–Crippen MR) is 92.4 cm³/mol. The Morgan fingerprint density at radius 3 is 2.88 bits per heavy atom. The van der Waals surface area contributed by atoms with Crippen molar-refractivity contribution < 1.29 is 9.32 Å². The second kappa shape index (κ2) is 6.19. The summed E-state index contributed by atoms with van der Waals surface area (Å²) in [6, 6.07) is 4.07. The number of carbonyl (C=O) groups is 1. The molecule has 0 unspecified atom stereocenters. The van der Waals surface area contributed by atoms with Gasteiger partial charge in [0.2, 0.25) is 5.91 Å². The lowest BCUT2D eigenvalue weighted by Crippen LogP contribution is -2.34. The van der Waals surface area contributed by atoms with E-state index in [-0.39, 0.29) is 12.3 Å². The van der Waals surface area contributed by atoms with Crippen molar-refractivity contribution in [1.29, 1.82) is 0 Å². The molecule has 5 rings (SSSR count). The number of fused-ring (bicyclic) bond motifs is 1. The fourth-order valence-electron chi connectivity index (χ4n) is 3.60. The molecular formula is C18H20N6O2. The molecule has 0 atom stereocenters. The lowest BCUT2D eigenvalue weighted by atomic mass is 10.2. The van der Waals surface area contributed by atoms with Gasteiger partial charge in [0.15, 0.2) is 11.5 Å². The molecule has 8 nitrogen and oxygen atoms in total. The lowest BCUT2D eigenvalue weighted by Gasteiger charge is -2.11. The van der Waals surface area contributed by atoms with Crippen molar-refractivity contribution in [3.63, 3.8) is 0 Å². The molecule has 3 heterocycles. The Morgan fingerprint density at radius 2 is 2.08 bits per heavy atom. The summed E-state index contributed by atoms with van der Waals surface area (Å²) in [5.74, 6) is 2.24. The predicted octanol–water partition coefficient (Wildman–Crippen LogP) is 2.26.